The summed E-state index contributed by atoms with van der Waals surface area (Å²) in [6, 6.07) is 0.374. The van der Waals surface area contributed by atoms with Gasteiger partial charge in [-0.05, 0) is 38.6 Å². The Morgan fingerprint density at radius 1 is 0.800 bits per heavy atom. The average molecular weight is 283 g/mol. The first kappa shape index (κ1) is 19.7. The molecule has 0 aromatic carbocycles. The van der Waals surface area contributed by atoms with E-state index in [9.17, 15) is 0 Å². The van der Waals surface area contributed by atoms with Crippen LogP contribution >= 0.6 is 0 Å². The molecule has 20 heavy (non-hydrogen) atoms. The van der Waals surface area contributed by atoms with Crippen molar-refractivity contribution in [2.75, 3.05) is 6.54 Å². The van der Waals surface area contributed by atoms with Gasteiger partial charge in [-0.2, -0.15) is 0 Å². The zero-order valence-corrected chi connectivity index (χ0v) is 13.8. The van der Waals surface area contributed by atoms with Gasteiger partial charge in [0.25, 0.3) is 0 Å². The first-order chi connectivity index (χ1) is 9.81. The zero-order chi connectivity index (χ0) is 14.9. The molecule has 2 nitrogen and oxygen atoms in total. The summed E-state index contributed by atoms with van der Waals surface area (Å²) in [5.41, 5.74) is 11.6. The molecule has 0 aliphatic carbocycles. The minimum atomic E-state index is 0.374. The van der Waals surface area contributed by atoms with Crippen molar-refractivity contribution in [3.05, 3.63) is 12.2 Å². The van der Waals surface area contributed by atoms with Gasteiger partial charge < -0.3 is 11.5 Å². The second kappa shape index (κ2) is 16.7. The van der Waals surface area contributed by atoms with Gasteiger partial charge in [-0.25, -0.2) is 0 Å². The lowest BCUT2D eigenvalue weighted by molar-refractivity contribution is 0.551. The summed E-state index contributed by atoms with van der Waals surface area (Å²) in [5.74, 6) is 0. The van der Waals surface area contributed by atoms with Crippen molar-refractivity contribution in [1.82, 2.24) is 0 Å². The van der Waals surface area contributed by atoms with Crippen LogP contribution in [-0.4, -0.2) is 12.6 Å². The molecule has 2 heteroatoms. The highest BCUT2D eigenvalue weighted by atomic mass is 14.6. The molecule has 0 aromatic rings. The third kappa shape index (κ3) is 15.7. The monoisotopic (exact) mass is 282 g/mol. The lowest BCUT2D eigenvalue weighted by Crippen LogP contribution is -2.18. The maximum absolute atomic E-state index is 6.10. The molecule has 0 saturated carbocycles. The molecule has 0 radical (unpaired) electrons. The van der Waals surface area contributed by atoms with Crippen LogP contribution in [0.3, 0.4) is 0 Å². The SMILES string of the molecule is CCCCCCC(N)CC=CCCCCCCCCN. The molecule has 0 aliphatic heterocycles. The van der Waals surface area contributed by atoms with E-state index in [-0.39, 0.29) is 0 Å². The maximum Gasteiger partial charge on any atom is 0.00734 e. The van der Waals surface area contributed by atoms with Crippen molar-refractivity contribution in [2.24, 2.45) is 11.5 Å². The molecule has 0 aromatic heterocycles. The van der Waals surface area contributed by atoms with Gasteiger partial charge in [-0.15, -0.1) is 0 Å². The van der Waals surface area contributed by atoms with E-state index in [2.05, 4.69) is 19.1 Å². The highest BCUT2D eigenvalue weighted by Gasteiger charge is 1.99. The minimum absolute atomic E-state index is 0.374. The van der Waals surface area contributed by atoms with Crippen LogP contribution in [0.1, 0.15) is 90.4 Å². The lowest BCUT2D eigenvalue weighted by Gasteiger charge is -2.08. The van der Waals surface area contributed by atoms with Gasteiger partial charge in [-0.3, -0.25) is 0 Å². The Morgan fingerprint density at radius 2 is 1.45 bits per heavy atom. The third-order valence-corrected chi connectivity index (χ3v) is 3.86. The predicted octanol–water partition coefficient (Wildman–Crippen LogP) is 4.92. The smallest absolute Gasteiger partial charge is 0.00734 e. The summed E-state index contributed by atoms with van der Waals surface area (Å²) in [5, 5.41) is 0. The van der Waals surface area contributed by atoms with Crippen LogP contribution < -0.4 is 11.5 Å². The van der Waals surface area contributed by atoms with E-state index >= 15 is 0 Å². The number of hydrogen-bond acceptors (Lipinski definition) is 2. The Kier molecular flexibility index (Phi) is 16.4. The third-order valence-electron chi connectivity index (χ3n) is 3.86. The summed E-state index contributed by atoms with van der Waals surface area (Å²) < 4.78 is 0. The van der Waals surface area contributed by atoms with Crippen LogP contribution in [-0.2, 0) is 0 Å². The van der Waals surface area contributed by atoms with Crippen LogP contribution in [0.5, 0.6) is 0 Å². The first-order valence-corrected chi connectivity index (χ1v) is 8.92. The van der Waals surface area contributed by atoms with Crippen LogP contribution in [0.15, 0.2) is 12.2 Å². The molecule has 0 amide bonds. The molecule has 0 saturated heterocycles. The second-order valence-electron chi connectivity index (χ2n) is 6.02. The zero-order valence-electron chi connectivity index (χ0n) is 13.8. The first-order valence-electron chi connectivity index (χ1n) is 8.92. The highest BCUT2D eigenvalue weighted by Crippen LogP contribution is 2.09. The number of allylic oxidation sites excluding steroid dienone is 1. The fraction of sp³-hybridized carbons (Fsp3) is 0.889. The Labute approximate surface area is 127 Å². The number of hydrogen-bond donors (Lipinski definition) is 2. The van der Waals surface area contributed by atoms with E-state index in [1.807, 2.05) is 0 Å². The van der Waals surface area contributed by atoms with E-state index < -0.39 is 0 Å². The normalized spacial score (nSPS) is 13.2. The van der Waals surface area contributed by atoms with E-state index in [0.717, 1.165) is 13.0 Å². The molecule has 0 aliphatic rings. The second-order valence-corrected chi connectivity index (χ2v) is 6.02. The molecule has 0 rings (SSSR count). The van der Waals surface area contributed by atoms with Crippen molar-refractivity contribution in [2.45, 2.75) is 96.4 Å². The number of nitrogens with two attached hydrogens (primary N) is 2. The Hall–Kier alpha value is -0.340. The van der Waals surface area contributed by atoms with Gasteiger partial charge in [0, 0.05) is 6.04 Å². The average Bonchev–Trinajstić information content (AvgIpc) is 2.45. The summed E-state index contributed by atoms with van der Waals surface area (Å²) in [6.07, 6.45) is 21.3. The quantitative estimate of drug-likeness (QED) is 0.331. The number of unbranched alkanes of at least 4 members (excludes halogenated alkanes) is 9. The Balaban J connectivity index is 3.21. The van der Waals surface area contributed by atoms with Crippen molar-refractivity contribution in [3.8, 4) is 0 Å². The van der Waals surface area contributed by atoms with Gasteiger partial charge in [0.15, 0.2) is 0 Å². The van der Waals surface area contributed by atoms with Crippen LogP contribution in [0.2, 0.25) is 0 Å². The van der Waals surface area contributed by atoms with Gasteiger partial charge in [0.05, 0.1) is 0 Å². The summed E-state index contributed by atoms with van der Waals surface area (Å²) >= 11 is 0. The maximum atomic E-state index is 6.10. The molecular weight excluding hydrogens is 244 g/mol. The van der Waals surface area contributed by atoms with Crippen molar-refractivity contribution < 1.29 is 0 Å². The van der Waals surface area contributed by atoms with E-state index in [1.165, 1.54) is 77.0 Å². The van der Waals surface area contributed by atoms with Gasteiger partial charge in [0.1, 0.15) is 0 Å². The standard InChI is InChI=1S/C18H38N2/c1-2-3-4-12-15-18(20)16-13-10-8-6-5-7-9-11-14-17-19/h10,13,18H,2-9,11-12,14-17,19-20H2,1H3. The molecule has 0 bridgehead atoms. The topological polar surface area (TPSA) is 52.0 Å². The van der Waals surface area contributed by atoms with Gasteiger partial charge in [-0.1, -0.05) is 70.4 Å². The van der Waals surface area contributed by atoms with Crippen LogP contribution in [0.25, 0.3) is 0 Å². The predicted molar refractivity (Wildman–Crippen MR) is 91.9 cm³/mol. The summed E-state index contributed by atoms with van der Waals surface area (Å²) in [4.78, 5) is 0. The molecular formula is C18H38N2. The number of rotatable bonds is 15. The van der Waals surface area contributed by atoms with Crippen molar-refractivity contribution in [3.63, 3.8) is 0 Å². The highest BCUT2D eigenvalue weighted by molar-refractivity contribution is 4.85. The summed E-state index contributed by atoms with van der Waals surface area (Å²) in [7, 11) is 0. The fourth-order valence-corrected chi connectivity index (χ4v) is 2.45. The molecule has 1 atom stereocenters. The molecule has 4 N–H and O–H groups in total. The minimum Gasteiger partial charge on any atom is -0.330 e. The molecule has 0 spiro atoms. The Morgan fingerprint density at radius 3 is 2.15 bits per heavy atom. The van der Waals surface area contributed by atoms with Crippen molar-refractivity contribution in [1.29, 1.82) is 0 Å². The largest absolute Gasteiger partial charge is 0.330 e. The summed E-state index contributed by atoms with van der Waals surface area (Å²) in [6.45, 7) is 3.10. The van der Waals surface area contributed by atoms with Crippen molar-refractivity contribution >= 4 is 0 Å². The molecule has 0 heterocycles. The lowest BCUT2D eigenvalue weighted by atomic mass is 10.0. The molecule has 120 valence electrons. The van der Waals surface area contributed by atoms with Gasteiger partial charge >= 0.3 is 0 Å². The van der Waals surface area contributed by atoms with Gasteiger partial charge in [0.2, 0.25) is 0 Å². The van der Waals surface area contributed by atoms with E-state index in [4.69, 9.17) is 11.5 Å². The van der Waals surface area contributed by atoms with E-state index in [1.54, 1.807) is 0 Å². The fourth-order valence-electron chi connectivity index (χ4n) is 2.45. The van der Waals surface area contributed by atoms with Crippen LogP contribution in [0.4, 0.5) is 0 Å². The van der Waals surface area contributed by atoms with Crippen LogP contribution in [0, 0.1) is 0 Å². The Bertz CT molecular complexity index is 202. The molecule has 0 fully saturated rings. The van der Waals surface area contributed by atoms with E-state index in [0.29, 0.717) is 6.04 Å². The molecule has 1 unspecified atom stereocenters.